The van der Waals surface area contributed by atoms with Crippen molar-refractivity contribution < 1.29 is 29.6 Å². The van der Waals surface area contributed by atoms with Crippen LogP contribution in [0, 0.1) is 0 Å². The number of nitrogens with one attached hydrogen (secondary N) is 1. The van der Waals surface area contributed by atoms with Gasteiger partial charge in [-0.15, -0.1) is 0 Å². The smallest absolute Gasteiger partial charge is 0.534 e. The second kappa shape index (κ2) is 7.23. The van der Waals surface area contributed by atoms with Crippen LogP contribution in [0.2, 0.25) is 0 Å². The van der Waals surface area contributed by atoms with Crippen LogP contribution in [-0.2, 0) is 17.8 Å². The second-order valence-electron chi connectivity index (χ2n) is 5.50. The Morgan fingerprint density at radius 1 is 1.38 bits per heavy atom. The Morgan fingerprint density at radius 2 is 2.12 bits per heavy atom. The van der Waals surface area contributed by atoms with E-state index in [1.54, 1.807) is 12.1 Å². The molecular formula is C14H14BN5O6. The van der Waals surface area contributed by atoms with Crippen LogP contribution in [0.25, 0.3) is 0 Å². The van der Waals surface area contributed by atoms with Crippen LogP contribution >= 0.6 is 0 Å². The predicted molar refractivity (Wildman–Crippen MR) is 86.9 cm³/mol. The fourth-order valence-corrected chi connectivity index (χ4v) is 2.58. The molecule has 2 heterocycles. The molecule has 1 atom stereocenters. The first kappa shape index (κ1) is 17.4. The number of aromatic carboxylic acids is 1. The largest absolute Gasteiger partial charge is 0.547 e. The third-order valence-electron chi connectivity index (χ3n) is 3.81. The third kappa shape index (κ3) is 3.49. The number of para-hydroxylation sites is 1. The number of oxime groups is 1. The van der Waals surface area contributed by atoms with Crippen LogP contribution in [0.1, 0.15) is 15.9 Å². The van der Waals surface area contributed by atoms with Gasteiger partial charge in [-0.2, -0.15) is 15.0 Å². The van der Waals surface area contributed by atoms with Gasteiger partial charge in [-0.25, -0.2) is 4.79 Å². The molecule has 0 saturated carbocycles. The van der Waals surface area contributed by atoms with Crippen molar-refractivity contribution in [2.24, 2.45) is 5.16 Å². The molecule has 1 unspecified atom stereocenters. The van der Waals surface area contributed by atoms with Crippen molar-refractivity contribution in [1.29, 1.82) is 0 Å². The van der Waals surface area contributed by atoms with E-state index in [-0.39, 0.29) is 30.0 Å². The number of carboxylic acid groups (broad SMARTS) is 1. The first-order valence-electron chi connectivity index (χ1n) is 7.55. The van der Waals surface area contributed by atoms with Crippen LogP contribution in [0.5, 0.6) is 5.75 Å². The monoisotopic (exact) mass is 359 g/mol. The summed E-state index contributed by atoms with van der Waals surface area (Å²) in [6, 6.07) is 4.55. The number of hydrogen-bond acceptors (Lipinski definition) is 8. The van der Waals surface area contributed by atoms with Crippen LogP contribution in [0.3, 0.4) is 0 Å². The molecule has 1 aromatic heterocycles. The fraction of sp³-hybridized carbons (Fsp3) is 0.214. The molecule has 0 bridgehead atoms. The SMILES string of the molecule is O=C(NC1Cc2cccc(C(=O)O)c2OB1O)C(Cn1nccn1)=NO. The molecule has 1 aliphatic heterocycles. The minimum Gasteiger partial charge on any atom is -0.534 e. The standard InChI is InChI=1S/C14H14BN5O6/c21-13(10(19-25)7-20-16-4-5-17-20)18-11-6-8-2-1-3-9(14(22)23)12(8)26-15(11)24/h1-5,11,24-25H,6-7H2,(H,18,21)(H,22,23). The molecule has 1 amide bonds. The van der Waals surface area contributed by atoms with Crippen molar-refractivity contribution in [2.45, 2.75) is 18.9 Å². The zero-order chi connectivity index (χ0) is 18.7. The highest BCUT2D eigenvalue weighted by molar-refractivity contribution is 6.48. The summed E-state index contributed by atoms with van der Waals surface area (Å²) in [5.41, 5.74) is 0.184. The van der Waals surface area contributed by atoms with Crippen molar-refractivity contribution in [1.82, 2.24) is 20.3 Å². The van der Waals surface area contributed by atoms with E-state index in [0.717, 1.165) is 4.80 Å². The number of fused-ring (bicyclic) bond motifs is 1. The molecule has 3 rings (SSSR count). The molecule has 2 aromatic rings. The number of aromatic nitrogens is 3. The average molecular weight is 359 g/mol. The molecule has 1 aromatic carbocycles. The predicted octanol–water partition coefficient (Wildman–Crippen LogP) is -1.05. The number of amides is 1. The average Bonchev–Trinajstić information content (AvgIpc) is 3.12. The molecule has 0 spiro atoms. The van der Waals surface area contributed by atoms with E-state index >= 15 is 0 Å². The molecule has 0 aliphatic carbocycles. The zero-order valence-electron chi connectivity index (χ0n) is 13.3. The first-order valence-corrected chi connectivity index (χ1v) is 7.55. The topological polar surface area (TPSA) is 159 Å². The summed E-state index contributed by atoms with van der Waals surface area (Å²) in [7, 11) is -1.46. The summed E-state index contributed by atoms with van der Waals surface area (Å²) in [4.78, 5) is 24.6. The molecular weight excluding hydrogens is 345 g/mol. The van der Waals surface area contributed by atoms with Gasteiger partial charge >= 0.3 is 13.1 Å². The lowest BCUT2D eigenvalue weighted by atomic mass is 9.72. The van der Waals surface area contributed by atoms with E-state index in [1.807, 2.05) is 0 Å². The Balaban J connectivity index is 1.73. The Hall–Kier alpha value is -3.41. The maximum absolute atomic E-state index is 12.3. The van der Waals surface area contributed by atoms with E-state index in [0.29, 0.717) is 5.56 Å². The van der Waals surface area contributed by atoms with Crippen molar-refractivity contribution in [3.8, 4) is 5.75 Å². The van der Waals surface area contributed by atoms with Crippen LogP contribution in [-0.4, -0.2) is 61.0 Å². The van der Waals surface area contributed by atoms with Crippen LogP contribution < -0.4 is 9.97 Å². The zero-order valence-corrected chi connectivity index (χ0v) is 13.3. The van der Waals surface area contributed by atoms with Gasteiger partial charge in [-0.3, -0.25) is 4.79 Å². The van der Waals surface area contributed by atoms with E-state index < -0.39 is 24.9 Å². The number of carboxylic acids is 1. The highest BCUT2D eigenvalue weighted by Crippen LogP contribution is 2.30. The molecule has 134 valence electrons. The minimum atomic E-state index is -1.46. The lowest BCUT2D eigenvalue weighted by Crippen LogP contribution is -2.54. The summed E-state index contributed by atoms with van der Waals surface area (Å²) < 4.78 is 5.28. The quantitative estimate of drug-likeness (QED) is 0.228. The van der Waals surface area contributed by atoms with Gasteiger partial charge in [0.15, 0.2) is 5.71 Å². The summed E-state index contributed by atoms with van der Waals surface area (Å²) in [5.74, 6) is -2.72. The highest BCUT2D eigenvalue weighted by atomic mass is 16.5. The van der Waals surface area contributed by atoms with Gasteiger partial charge in [0.2, 0.25) is 0 Å². The molecule has 11 nitrogen and oxygen atoms in total. The lowest BCUT2D eigenvalue weighted by molar-refractivity contribution is -0.115. The molecule has 26 heavy (non-hydrogen) atoms. The molecule has 1 aliphatic rings. The van der Waals surface area contributed by atoms with E-state index in [9.17, 15) is 19.7 Å². The van der Waals surface area contributed by atoms with Crippen LogP contribution in [0.15, 0.2) is 35.7 Å². The number of carbonyl (C=O) groups excluding carboxylic acids is 1. The van der Waals surface area contributed by atoms with Gasteiger partial charge < -0.3 is 25.3 Å². The van der Waals surface area contributed by atoms with E-state index in [1.165, 1.54) is 18.5 Å². The molecule has 4 N–H and O–H groups in total. The summed E-state index contributed by atoms with van der Waals surface area (Å²) >= 11 is 0. The second-order valence-corrected chi connectivity index (χ2v) is 5.50. The Morgan fingerprint density at radius 3 is 2.77 bits per heavy atom. The molecule has 0 radical (unpaired) electrons. The van der Waals surface area contributed by atoms with Crippen molar-refractivity contribution >= 4 is 24.7 Å². The number of rotatable bonds is 5. The van der Waals surface area contributed by atoms with Gasteiger partial charge in [0, 0.05) is 0 Å². The number of benzene rings is 1. The summed E-state index contributed by atoms with van der Waals surface area (Å²) in [6.07, 6.45) is 2.95. The van der Waals surface area contributed by atoms with Crippen molar-refractivity contribution in [3.05, 3.63) is 41.7 Å². The fourth-order valence-electron chi connectivity index (χ4n) is 2.58. The van der Waals surface area contributed by atoms with Gasteiger partial charge in [0.25, 0.3) is 5.91 Å². The Bertz CT molecular complexity index is 856. The van der Waals surface area contributed by atoms with Gasteiger partial charge in [-0.05, 0) is 18.1 Å². The normalized spacial score (nSPS) is 16.6. The van der Waals surface area contributed by atoms with Gasteiger partial charge in [-0.1, -0.05) is 17.3 Å². The van der Waals surface area contributed by atoms with Crippen LogP contribution in [0.4, 0.5) is 0 Å². The third-order valence-corrected chi connectivity index (χ3v) is 3.81. The van der Waals surface area contributed by atoms with Crippen molar-refractivity contribution in [3.63, 3.8) is 0 Å². The lowest BCUT2D eigenvalue weighted by Gasteiger charge is -2.28. The number of carbonyl (C=O) groups is 2. The Labute approximate surface area is 147 Å². The first-order chi connectivity index (χ1) is 12.5. The maximum atomic E-state index is 12.3. The summed E-state index contributed by atoms with van der Waals surface area (Å²) in [6.45, 7) is -0.168. The van der Waals surface area contributed by atoms with E-state index in [2.05, 4.69) is 20.7 Å². The number of nitrogens with zero attached hydrogens (tertiary/aromatic N) is 4. The highest BCUT2D eigenvalue weighted by Gasteiger charge is 2.38. The molecule has 0 fully saturated rings. The Kier molecular flexibility index (Phi) is 4.84. The van der Waals surface area contributed by atoms with Gasteiger partial charge in [0.05, 0.1) is 23.9 Å². The molecule has 0 saturated heterocycles. The van der Waals surface area contributed by atoms with Gasteiger partial charge in [0.1, 0.15) is 12.3 Å². The van der Waals surface area contributed by atoms with E-state index in [4.69, 9.17) is 9.86 Å². The molecule has 12 heteroatoms. The summed E-state index contributed by atoms with van der Waals surface area (Å²) in [5, 5.41) is 41.4. The van der Waals surface area contributed by atoms with Crippen molar-refractivity contribution in [2.75, 3.05) is 0 Å². The maximum Gasteiger partial charge on any atom is 0.547 e. The number of hydrogen-bond donors (Lipinski definition) is 4. The minimum absolute atomic E-state index is 0.0646.